The first-order chi connectivity index (χ1) is 18.0. The number of benzene rings is 1. The van der Waals surface area contributed by atoms with E-state index in [1.54, 1.807) is 44.3 Å². The molecule has 0 saturated heterocycles. The Balaban J connectivity index is 1.55. The highest BCUT2D eigenvalue weighted by Gasteiger charge is 2.24. The Morgan fingerprint density at radius 2 is 1.76 bits per heavy atom. The van der Waals surface area contributed by atoms with Gasteiger partial charge in [0.15, 0.2) is 17.0 Å². The number of aromatic nitrogens is 4. The smallest absolute Gasteiger partial charge is 0.326 e. The van der Waals surface area contributed by atoms with Crippen molar-refractivity contribution in [1.82, 2.24) is 30.6 Å². The van der Waals surface area contributed by atoms with Crippen molar-refractivity contribution in [3.05, 3.63) is 47.3 Å². The zero-order valence-corrected chi connectivity index (χ0v) is 21.3. The molecule has 0 saturated carbocycles. The van der Waals surface area contributed by atoms with E-state index < -0.39 is 23.5 Å². The molecule has 38 heavy (non-hydrogen) atoms. The zero-order chi connectivity index (χ0) is 27.9. The lowest BCUT2D eigenvalue weighted by Crippen LogP contribution is -2.45. The van der Waals surface area contributed by atoms with Crippen molar-refractivity contribution >= 4 is 40.7 Å². The summed E-state index contributed by atoms with van der Waals surface area (Å²) >= 11 is 0. The Hall–Kier alpha value is -4.39. The number of aryl methyl sites for hydroxylation is 2. The normalized spacial score (nSPS) is 12.2. The van der Waals surface area contributed by atoms with Crippen molar-refractivity contribution in [2.24, 2.45) is 0 Å². The van der Waals surface area contributed by atoms with Crippen molar-refractivity contribution in [1.29, 1.82) is 0 Å². The molecule has 0 aliphatic carbocycles. The average Bonchev–Trinajstić information content (AvgIpc) is 2.85. The van der Waals surface area contributed by atoms with Gasteiger partial charge in [-0.05, 0) is 57.2 Å². The Morgan fingerprint density at radius 1 is 1.05 bits per heavy atom. The number of nitrogen functional groups attached to an aromatic ring is 2. The largest absolute Gasteiger partial charge is 0.480 e. The number of aliphatic hydroxyl groups excluding tert-OH is 1. The zero-order valence-electron chi connectivity index (χ0n) is 21.3. The van der Waals surface area contributed by atoms with E-state index in [9.17, 15) is 19.5 Å². The molecule has 1 unspecified atom stereocenters. The number of nitrogens with one attached hydrogen (secondary N) is 2. The van der Waals surface area contributed by atoms with Crippen molar-refractivity contribution in [3.8, 4) is 0 Å². The number of rotatable bonds is 12. The van der Waals surface area contributed by atoms with Crippen LogP contribution in [0.5, 0.6) is 0 Å². The van der Waals surface area contributed by atoms with Gasteiger partial charge in [0.05, 0.1) is 11.9 Å². The van der Waals surface area contributed by atoms with E-state index >= 15 is 0 Å². The van der Waals surface area contributed by atoms with Gasteiger partial charge in [-0.15, -0.1) is 0 Å². The summed E-state index contributed by atoms with van der Waals surface area (Å²) < 4.78 is 0. The van der Waals surface area contributed by atoms with Crippen molar-refractivity contribution in [3.63, 3.8) is 0 Å². The second kappa shape index (κ2) is 12.2. The molecule has 2 amide bonds. The van der Waals surface area contributed by atoms with Crippen LogP contribution >= 0.6 is 0 Å². The molecule has 202 valence electrons. The molecule has 0 aliphatic rings. The number of aliphatic carboxylic acids is 1. The number of carboxylic acids is 1. The minimum atomic E-state index is -1.23. The molecular formula is C25H32N8O5. The summed E-state index contributed by atoms with van der Waals surface area (Å²) in [7, 11) is 0. The van der Waals surface area contributed by atoms with Crippen LogP contribution in [0.25, 0.3) is 11.2 Å². The third-order valence-electron chi connectivity index (χ3n) is 5.87. The number of carbonyl (C=O) groups excluding carboxylic acids is 2. The second-order valence-electron chi connectivity index (χ2n) is 9.51. The van der Waals surface area contributed by atoms with Crippen LogP contribution < -0.4 is 22.1 Å². The Kier molecular flexibility index (Phi) is 9.07. The van der Waals surface area contributed by atoms with Gasteiger partial charge in [0.25, 0.3) is 5.91 Å². The number of aliphatic hydroxyl groups is 1. The van der Waals surface area contributed by atoms with Crippen LogP contribution in [0, 0.1) is 0 Å². The molecule has 3 rings (SSSR count). The number of hydrogen-bond acceptors (Lipinski definition) is 10. The third kappa shape index (κ3) is 7.80. The maximum atomic E-state index is 12.6. The van der Waals surface area contributed by atoms with Crippen LogP contribution in [0.4, 0.5) is 11.8 Å². The fourth-order valence-corrected chi connectivity index (χ4v) is 3.75. The highest BCUT2D eigenvalue weighted by molar-refractivity contribution is 5.96. The monoisotopic (exact) mass is 524 g/mol. The quantitative estimate of drug-likeness (QED) is 0.193. The van der Waals surface area contributed by atoms with Crippen molar-refractivity contribution in [2.45, 2.75) is 57.5 Å². The molecule has 0 spiro atoms. The van der Waals surface area contributed by atoms with Gasteiger partial charge >= 0.3 is 5.97 Å². The topological polar surface area (TPSA) is 219 Å². The number of carbonyl (C=O) groups is 3. The summed E-state index contributed by atoms with van der Waals surface area (Å²) in [6, 6.07) is 5.53. The van der Waals surface area contributed by atoms with Gasteiger partial charge < -0.3 is 32.3 Å². The SMILES string of the molecule is CC(C)(CCO)NC(=O)CCC(NC(=O)c1ccc(CCc2cnc3nc(N)nc(N)c3n2)cc1)C(=O)O. The summed E-state index contributed by atoms with van der Waals surface area (Å²) in [5, 5.41) is 23.8. The fraction of sp³-hybridized carbons (Fsp3) is 0.400. The number of carboxylic acid groups (broad SMARTS) is 1. The summed E-state index contributed by atoms with van der Waals surface area (Å²) in [6.07, 6.45) is 2.95. The predicted octanol–water partition coefficient (Wildman–Crippen LogP) is 0.610. The van der Waals surface area contributed by atoms with E-state index in [1.807, 2.05) is 0 Å². The van der Waals surface area contributed by atoms with E-state index in [0.29, 0.717) is 41.7 Å². The average molecular weight is 525 g/mol. The van der Waals surface area contributed by atoms with Gasteiger partial charge in [0, 0.05) is 24.1 Å². The predicted molar refractivity (Wildman–Crippen MR) is 140 cm³/mol. The van der Waals surface area contributed by atoms with Gasteiger partial charge in [0.1, 0.15) is 6.04 Å². The van der Waals surface area contributed by atoms with Crippen LogP contribution in [0.15, 0.2) is 30.5 Å². The summed E-state index contributed by atoms with van der Waals surface area (Å²) in [4.78, 5) is 53.1. The molecule has 2 heterocycles. The Morgan fingerprint density at radius 3 is 2.42 bits per heavy atom. The molecule has 1 atom stereocenters. The summed E-state index contributed by atoms with van der Waals surface area (Å²) in [5.41, 5.74) is 13.4. The van der Waals surface area contributed by atoms with Gasteiger partial charge in [-0.25, -0.2) is 14.8 Å². The molecular weight excluding hydrogens is 492 g/mol. The second-order valence-corrected chi connectivity index (χ2v) is 9.51. The van der Waals surface area contributed by atoms with E-state index in [2.05, 4.69) is 30.6 Å². The molecule has 0 aliphatic heterocycles. The highest BCUT2D eigenvalue weighted by Crippen LogP contribution is 2.16. The highest BCUT2D eigenvalue weighted by atomic mass is 16.4. The summed E-state index contributed by atoms with van der Waals surface area (Å²) in [5.74, 6) is -1.96. The lowest BCUT2D eigenvalue weighted by atomic mass is 10.0. The standard InChI is InChI=1S/C25H32N8O5/c1-25(2,11-12-34)33-18(35)10-9-17(23(37)38)30-22(36)15-6-3-14(4-7-15)5-8-16-13-28-21-19(29-16)20(26)31-24(27)32-21/h3-4,6-7,13,17,34H,5,8-12H2,1-2H3,(H,30,36)(H,33,35)(H,37,38)(H4,26,27,28,31,32). The molecule has 13 heteroatoms. The molecule has 13 nitrogen and oxygen atoms in total. The molecule has 0 bridgehead atoms. The Bertz CT molecular complexity index is 1310. The van der Waals surface area contributed by atoms with Crippen molar-refractivity contribution in [2.75, 3.05) is 18.1 Å². The maximum Gasteiger partial charge on any atom is 0.326 e. The Labute approximate surface area is 219 Å². The summed E-state index contributed by atoms with van der Waals surface area (Å²) in [6.45, 7) is 3.44. The first kappa shape index (κ1) is 28.2. The lowest BCUT2D eigenvalue weighted by molar-refractivity contribution is -0.139. The van der Waals surface area contributed by atoms with Crippen LogP contribution in [0.2, 0.25) is 0 Å². The van der Waals surface area contributed by atoms with Gasteiger partial charge in [-0.1, -0.05) is 12.1 Å². The molecule has 3 aromatic rings. The minimum Gasteiger partial charge on any atom is -0.480 e. The van der Waals surface area contributed by atoms with E-state index in [1.165, 1.54) is 0 Å². The number of anilines is 2. The minimum absolute atomic E-state index is 0.0274. The van der Waals surface area contributed by atoms with E-state index in [4.69, 9.17) is 16.6 Å². The van der Waals surface area contributed by atoms with Crippen LogP contribution in [-0.4, -0.2) is 66.1 Å². The number of nitrogens with two attached hydrogens (primary N) is 2. The fourth-order valence-electron chi connectivity index (χ4n) is 3.75. The number of fused-ring (bicyclic) bond motifs is 1. The van der Waals surface area contributed by atoms with Crippen LogP contribution in [0.1, 0.15) is 54.7 Å². The lowest BCUT2D eigenvalue weighted by Gasteiger charge is -2.25. The van der Waals surface area contributed by atoms with Gasteiger partial charge in [0.2, 0.25) is 11.9 Å². The van der Waals surface area contributed by atoms with Crippen LogP contribution in [0.3, 0.4) is 0 Å². The van der Waals surface area contributed by atoms with Crippen molar-refractivity contribution < 1.29 is 24.6 Å². The van der Waals surface area contributed by atoms with E-state index in [0.717, 1.165) is 5.56 Å². The maximum absolute atomic E-state index is 12.6. The third-order valence-corrected chi connectivity index (χ3v) is 5.87. The van der Waals surface area contributed by atoms with Gasteiger partial charge in [-0.3, -0.25) is 9.59 Å². The molecule has 8 N–H and O–H groups in total. The number of hydrogen-bond donors (Lipinski definition) is 6. The molecule has 1 aromatic carbocycles. The van der Waals surface area contributed by atoms with E-state index in [-0.39, 0.29) is 37.1 Å². The molecule has 0 radical (unpaired) electrons. The molecule has 0 fully saturated rings. The molecule has 2 aromatic heterocycles. The van der Waals surface area contributed by atoms with Gasteiger partial charge in [-0.2, -0.15) is 9.97 Å². The number of nitrogens with zero attached hydrogens (tertiary/aromatic N) is 4. The first-order valence-electron chi connectivity index (χ1n) is 12.1. The van der Waals surface area contributed by atoms with Crippen LogP contribution in [-0.2, 0) is 22.4 Å². The number of amides is 2. The first-order valence-corrected chi connectivity index (χ1v) is 12.1.